The number of pyridine rings is 1. The molecule has 0 aromatic carbocycles. The maximum Gasteiger partial charge on any atom is 0.225 e. The second-order valence-electron chi connectivity index (χ2n) is 8.36. The maximum absolute atomic E-state index is 12.8. The van der Waals surface area contributed by atoms with Crippen LogP contribution in [0.4, 0.5) is 5.82 Å². The Bertz CT molecular complexity index is 665. The highest BCUT2D eigenvalue weighted by Crippen LogP contribution is 2.26. The summed E-state index contributed by atoms with van der Waals surface area (Å²) >= 11 is 0. The number of halogens is 1. The molecule has 31 heavy (non-hydrogen) atoms. The van der Waals surface area contributed by atoms with Crippen molar-refractivity contribution < 1.29 is 4.79 Å². The zero-order valence-electron chi connectivity index (χ0n) is 18.8. The number of guanidine groups is 1. The molecule has 7 nitrogen and oxygen atoms in total. The zero-order chi connectivity index (χ0) is 21.0. The van der Waals surface area contributed by atoms with E-state index < -0.39 is 0 Å². The van der Waals surface area contributed by atoms with Crippen molar-refractivity contribution in [2.24, 2.45) is 10.9 Å². The second kappa shape index (κ2) is 14.5. The molecule has 2 heterocycles. The van der Waals surface area contributed by atoms with Crippen molar-refractivity contribution >= 4 is 41.7 Å². The van der Waals surface area contributed by atoms with Crippen LogP contribution in [0.15, 0.2) is 29.4 Å². The third-order valence-electron chi connectivity index (χ3n) is 5.97. The maximum atomic E-state index is 12.8. The van der Waals surface area contributed by atoms with Crippen LogP contribution in [-0.2, 0) is 4.79 Å². The van der Waals surface area contributed by atoms with E-state index in [-0.39, 0.29) is 29.9 Å². The molecule has 1 aliphatic carbocycles. The molecule has 1 unspecified atom stereocenters. The van der Waals surface area contributed by atoms with Crippen LogP contribution < -0.4 is 16.0 Å². The van der Waals surface area contributed by atoms with Gasteiger partial charge in [-0.2, -0.15) is 0 Å². The van der Waals surface area contributed by atoms with E-state index >= 15 is 0 Å². The lowest BCUT2D eigenvalue weighted by molar-refractivity contribution is -0.135. The summed E-state index contributed by atoms with van der Waals surface area (Å²) in [5.41, 5.74) is 0. The first-order valence-electron chi connectivity index (χ1n) is 11.7. The summed E-state index contributed by atoms with van der Waals surface area (Å²) in [4.78, 5) is 23.8. The molecular weight excluding hydrogens is 503 g/mol. The number of likely N-dealkylation sites (tertiary alicyclic amines) is 1. The number of anilines is 1. The van der Waals surface area contributed by atoms with Gasteiger partial charge in [0.25, 0.3) is 0 Å². The standard InChI is InChI=1S/C23H38N6O.HI/c1-2-24-23(27-16-9-8-15-26-21-12-6-7-14-25-21)28-20-13-17-29(18-20)22(30)19-10-4-3-5-11-19;/h6-7,12,14,19-20H,2-5,8-11,13,15-18H2,1H3,(H,25,26)(H2,24,27,28);1H. The molecular formula is C23H39IN6O. The summed E-state index contributed by atoms with van der Waals surface area (Å²) in [5.74, 6) is 2.43. The van der Waals surface area contributed by atoms with Gasteiger partial charge in [0, 0.05) is 50.9 Å². The Kier molecular flexibility index (Phi) is 12.0. The fourth-order valence-electron chi connectivity index (χ4n) is 4.31. The van der Waals surface area contributed by atoms with E-state index in [0.29, 0.717) is 11.9 Å². The fraction of sp³-hybridized carbons (Fsp3) is 0.696. The van der Waals surface area contributed by atoms with Gasteiger partial charge < -0.3 is 20.9 Å². The number of aromatic nitrogens is 1. The van der Waals surface area contributed by atoms with Gasteiger partial charge in [-0.25, -0.2) is 4.98 Å². The fourth-order valence-corrected chi connectivity index (χ4v) is 4.31. The molecule has 1 amide bonds. The average Bonchev–Trinajstić information content (AvgIpc) is 3.25. The van der Waals surface area contributed by atoms with Gasteiger partial charge in [0.05, 0.1) is 0 Å². The van der Waals surface area contributed by atoms with Crippen LogP contribution in [0.3, 0.4) is 0 Å². The lowest BCUT2D eigenvalue weighted by Crippen LogP contribution is -2.45. The number of rotatable bonds is 9. The predicted octanol–water partition coefficient (Wildman–Crippen LogP) is 3.63. The van der Waals surface area contributed by atoms with Crippen molar-refractivity contribution in [2.45, 2.75) is 64.3 Å². The monoisotopic (exact) mass is 542 g/mol. The van der Waals surface area contributed by atoms with Crippen LogP contribution in [0.2, 0.25) is 0 Å². The molecule has 2 fully saturated rings. The number of nitrogens with zero attached hydrogens (tertiary/aromatic N) is 3. The van der Waals surface area contributed by atoms with Crippen LogP contribution >= 0.6 is 24.0 Å². The Balaban J connectivity index is 0.00000341. The van der Waals surface area contributed by atoms with Crippen molar-refractivity contribution in [1.82, 2.24) is 20.5 Å². The van der Waals surface area contributed by atoms with Gasteiger partial charge in [-0.1, -0.05) is 25.3 Å². The molecule has 1 atom stereocenters. The predicted molar refractivity (Wildman–Crippen MR) is 138 cm³/mol. The summed E-state index contributed by atoms with van der Waals surface area (Å²) in [7, 11) is 0. The Hall–Kier alpha value is -1.58. The summed E-state index contributed by atoms with van der Waals surface area (Å²) in [6.45, 7) is 6.28. The van der Waals surface area contributed by atoms with Gasteiger partial charge in [0.1, 0.15) is 5.82 Å². The molecule has 8 heteroatoms. The van der Waals surface area contributed by atoms with Crippen LogP contribution in [0.1, 0.15) is 58.3 Å². The van der Waals surface area contributed by atoms with Crippen molar-refractivity contribution in [3.05, 3.63) is 24.4 Å². The molecule has 0 bridgehead atoms. The average molecular weight is 543 g/mol. The Morgan fingerprint density at radius 2 is 2.03 bits per heavy atom. The van der Waals surface area contributed by atoms with E-state index in [1.54, 1.807) is 6.20 Å². The topological polar surface area (TPSA) is 81.7 Å². The van der Waals surface area contributed by atoms with Crippen LogP contribution in [-0.4, -0.2) is 60.5 Å². The van der Waals surface area contributed by atoms with Crippen molar-refractivity contribution in [3.8, 4) is 0 Å². The van der Waals surface area contributed by atoms with E-state index in [1.807, 2.05) is 18.2 Å². The molecule has 0 spiro atoms. The van der Waals surface area contributed by atoms with E-state index in [0.717, 1.165) is 76.6 Å². The van der Waals surface area contributed by atoms with Gasteiger partial charge in [-0.05, 0) is 51.2 Å². The van der Waals surface area contributed by atoms with E-state index in [4.69, 9.17) is 4.99 Å². The quantitative estimate of drug-likeness (QED) is 0.192. The van der Waals surface area contributed by atoms with E-state index in [1.165, 1.54) is 19.3 Å². The van der Waals surface area contributed by atoms with Crippen molar-refractivity contribution in [2.75, 3.05) is 38.0 Å². The molecule has 2 aliphatic rings. The highest BCUT2D eigenvalue weighted by molar-refractivity contribution is 14.0. The summed E-state index contributed by atoms with van der Waals surface area (Å²) in [5, 5.41) is 10.2. The minimum atomic E-state index is 0. The number of amides is 1. The van der Waals surface area contributed by atoms with Gasteiger partial charge >= 0.3 is 0 Å². The number of hydrogen-bond acceptors (Lipinski definition) is 4. The Labute approximate surface area is 204 Å². The summed E-state index contributed by atoms with van der Waals surface area (Å²) < 4.78 is 0. The third-order valence-corrected chi connectivity index (χ3v) is 5.97. The van der Waals surface area contributed by atoms with Crippen molar-refractivity contribution in [3.63, 3.8) is 0 Å². The Morgan fingerprint density at radius 1 is 1.19 bits per heavy atom. The SMILES string of the molecule is CCNC(=NCCCCNc1ccccn1)NC1CCN(C(=O)C2CCCCC2)C1.I. The number of nitrogens with one attached hydrogen (secondary N) is 3. The highest BCUT2D eigenvalue weighted by Gasteiger charge is 2.31. The molecule has 1 saturated heterocycles. The summed E-state index contributed by atoms with van der Waals surface area (Å²) in [6.07, 6.45) is 10.7. The normalized spacial score (nSPS) is 19.6. The molecule has 0 radical (unpaired) electrons. The minimum Gasteiger partial charge on any atom is -0.370 e. The largest absolute Gasteiger partial charge is 0.370 e. The molecule has 3 N–H and O–H groups in total. The van der Waals surface area contributed by atoms with Gasteiger partial charge in [-0.3, -0.25) is 9.79 Å². The third kappa shape index (κ3) is 8.82. The number of carbonyl (C=O) groups is 1. The molecule has 1 aromatic heterocycles. The van der Waals surface area contributed by atoms with Crippen LogP contribution in [0.25, 0.3) is 0 Å². The van der Waals surface area contributed by atoms with Crippen molar-refractivity contribution in [1.29, 1.82) is 0 Å². The molecule has 1 aliphatic heterocycles. The zero-order valence-corrected chi connectivity index (χ0v) is 21.1. The van der Waals surface area contributed by atoms with Gasteiger partial charge in [0.2, 0.25) is 5.91 Å². The van der Waals surface area contributed by atoms with Gasteiger partial charge in [-0.15, -0.1) is 24.0 Å². The van der Waals surface area contributed by atoms with E-state index in [9.17, 15) is 4.79 Å². The highest BCUT2D eigenvalue weighted by atomic mass is 127. The first-order valence-corrected chi connectivity index (χ1v) is 11.7. The van der Waals surface area contributed by atoms with Gasteiger partial charge in [0.15, 0.2) is 5.96 Å². The number of aliphatic imine (C=N–C) groups is 1. The number of unbranched alkanes of at least 4 members (excludes halogenated alkanes) is 1. The lowest BCUT2D eigenvalue weighted by atomic mass is 9.88. The van der Waals surface area contributed by atoms with E-state index in [2.05, 4.69) is 32.8 Å². The lowest BCUT2D eigenvalue weighted by Gasteiger charge is -2.26. The summed E-state index contributed by atoms with van der Waals surface area (Å²) in [6, 6.07) is 6.18. The molecule has 174 valence electrons. The van der Waals surface area contributed by atoms with Crippen LogP contribution in [0.5, 0.6) is 0 Å². The Morgan fingerprint density at radius 3 is 2.77 bits per heavy atom. The first kappa shape index (κ1) is 25.7. The molecule has 1 aromatic rings. The van der Waals surface area contributed by atoms with Crippen LogP contribution in [0, 0.1) is 5.92 Å². The number of hydrogen-bond donors (Lipinski definition) is 3. The number of carbonyl (C=O) groups excluding carboxylic acids is 1. The molecule has 3 rings (SSSR count). The second-order valence-corrected chi connectivity index (χ2v) is 8.36. The first-order chi connectivity index (χ1) is 14.8. The smallest absolute Gasteiger partial charge is 0.225 e. The molecule has 1 saturated carbocycles. The minimum absolute atomic E-state index is 0.